The van der Waals surface area contributed by atoms with E-state index >= 15 is 0 Å². The highest BCUT2D eigenvalue weighted by Gasteiger charge is 2.47. The fourth-order valence-electron chi connectivity index (χ4n) is 9.81. The lowest BCUT2D eigenvalue weighted by Gasteiger charge is -2.34. The number of pyridine rings is 1. The summed E-state index contributed by atoms with van der Waals surface area (Å²) in [6.45, 7) is 0. The van der Waals surface area contributed by atoms with Gasteiger partial charge in [0, 0.05) is 23.5 Å². The van der Waals surface area contributed by atoms with Crippen LogP contribution in [0.15, 0.2) is 242 Å². The third-order valence-corrected chi connectivity index (χ3v) is 12.7. The van der Waals surface area contributed by atoms with Gasteiger partial charge in [0.25, 0.3) is 0 Å². The lowest BCUT2D eigenvalue weighted by atomic mass is 9.66. The van der Waals surface area contributed by atoms with Gasteiger partial charge in [-0.05, 0) is 101 Å². The summed E-state index contributed by atoms with van der Waals surface area (Å²) in [5.74, 6) is 0.479. The van der Waals surface area contributed by atoms with Gasteiger partial charge in [-0.3, -0.25) is 4.98 Å². The van der Waals surface area contributed by atoms with Crippen LogP contribution in [0.1, 0.15) is 38.9 Å². The summed E-state index contributed by atoms with van der Waals surface area (Å²) in [5, 5.41) is 4.79. The van der Waals surface area contributed by atoms with Gasteiger partial charge >= 0.3 is 0 Å². The molecule has 9 aromatic carbocycles. The van der Waals surface area contributed by atoms with Gasteiger partial charge in [0.15, 0.2) is 0 Å². The van der Waals surface area contributed by atoms with E-state index in [1.807, 2.05) is 42.6 Å². The Kier molecular flexibility index (Phi) is 9.63. The molecule has 1 aromatic heterocycles. The summed E-state index contributed by atoms with van der Waals surface area (Å²) in [5.41, 5.74) is 22.5. The fraction of sp³-hybridized carbons (Fsp3) is 0.0333. The van der Waals surface area contributed by atoms with Gasteiger partial charge in [0.05, 0.1) is 11.1 Å². The van der Waals surface area contributed by atoms with Crippen molar-refractivity contribution in [3.8, 4) is 33.4 Å². The van der Waals surface area contributed by atoms with Gasteiger partial charge in [0.2, 0.25) is 0 Å². The average Bonchev–Trinajstić information content (AvgIpc) is 3.67. The van der Waals surface area contributed by atoms with E-state index in [1.54, 1.807) is 6.20 Å². The molecule has 0 amide bonds. The average molecular weight is 806 g/mol. The molecule has 11 rings (SSSR count). The smallest absolute Gasteiger partial charge is 0.131 e. The normalized spacial score (nSPS) is 13.2. The summed E-state index contributed by atoms with van der Waals surface area (Å²) < 4.78 is 0. The van der Waals surface area contributed by atoms with E-state index in [0.29, 0.717) is 12.3 Å². The number of rotatable bonds is 9. The lowest BCUT2D eigenvalue weighted by Crippen LogP contribution is -2.28. The SMILES string of the molecule is NC(=N/C(=C\Cc1ccc(-c2cccnc2)cc1)c1ccc(-c2ccc3c(c2)-c2ccc4ccccc4c2C3(c2ccccc2)c2ccccc2)c2ccccc12)c1ccccc1. The van der Waals surface area contributed by atoms with Crippen molar-refractivity contribution in [2.24, 2.45) is 10.7 Å². The first-order valence-corrected chi connectivity index (χ1v) is 21.6. The van der Waals surface area contributed by atoms with E-state index in [1.165, 1.54) is 60.8 Å². The van der Waals surface area contributed by atoms with Crippen LogP contribution in [0.2, 0.25) is 0 Å². The molecular weight excluding hydrogens is 763 g/mol. The quantitative estimate of drug-likeness (QED) is 0.117. The molecule has 298 valence electrons. The topological polar surface area (TPSA) is 51.3 Å². The number of nitrogens with zero attached hydrogens (tertiary/aromatic N) is 2. The zero-order valence-corrected chi connectivity index (χ0v) is 34.7. The minimum Gasteiger partial charge on any atom is -0.383 e. The molecule has 1 aliphatic carbocycles. The maximum atomic E-state index is 6.79. The molecule has 0 saturated carbocycles. The van der Waals surface area contributed by atoms with Crippen LogP contribution in [-0.4, -0.2) is 10.8 Å². The molecule has 0 fully saturated rings. The lowest BCUT2D eigenvalue weighted by molar-refractivity contribution is 0.775. The molecule has 0 spiro atoms. The first-order chi connectivity index (χ1) is 31.2. The Morgan fingerprint density at radius 3 is 1.86 bits per heavy atom. The van der Waals surface area contributed by atoms with Gasteiger partial charge in [-0.2, -0.15) is 0 Å². The molecule has 3 heteroatoms. The third-order valence-electron chi connectivity index (χ3n) is 12.7. The molecule has 0 bridgehead atoms. The van der Waals surface area contributed by atoms with Crippen LogP contribution in [0.25, 0.3) is 60.6 Å². The number of hydrogen-bond acceptors (Lipinski definition) is 2. The summed E-state index contributed by atoms with van der Waals surface area (Å²) in [4.78, 5) is 9.47. The van der Waals surface area contributed by atoms with Gasteiger partial charge in [-0.15, -0.1) is 0 Å². The van der Waals surface area contributed by atoms with Crippen molar-refractivity contribution in [1.29, 1.82) is 0 Å². The number of benzene rings is 9. The Morgan fingerprint density at radius 2 is 1.14 bits per heavy atom. The number of hydrogen-bond donors (Lipinski definition) is 1. The van der Waals surface area contributed by atoms with E-state index in [0.717, 1.165) is 38.7 Å². The van der Waals surface area contributed by atoms with Gasteiger partial charge in [-0.25, -0.2) is 4.99 Å². The number of aliphatic imine (C=N–C) groups is 1. The second kappa shape index (κ2) is 16.0. The number of aromatic nitrogens is 1. The molecule has 1 heterocycles. The molecule has 3 nitrogen and oxygen atoms in total. The van der Waals surface area contributed by atoms with Crippen LogP contribution in [0.3, 0.4) is 0 Å². The van der Waals surface area contributed by atoms with Gasteiger partial charge in [0.1, 0.15) is 5.84 Å². The summed E-state index contributed by atoms with van der Waals surface area (Å²) in [7, 11) is 0. The minimum absolute atomic E-state index is 0.479. The molecule has 2 N–H and O–H groups in total. The monoisotopic (exact) mass is 805 g/mol. The summed E-state index contributed by atoms with van der Waals surface area (Å²) in [6.07, 6.45) is 6.60. The molecule has 0 unspecified atom stereocenters. The Hall–Kier alpha value is -8.14. The second-order valence-corrected chi connectivity index (χ2v) is 16.3. The standard InChI is InChI=1S/C60H43N3/c61-59(44-16-4-1-5-17-44)63-57(37-28-41-26-29-42(30-27-41)46-18-14-38-62-40-46)53-35-34-49(51-24-12-13-25-52(51)53)45-32-36-56-55(39-45)54-33-31-43-15-10-11-23-50(43)58(54)60(56,47-19-6-2-7-20-47)48-21-8-3-9-22-48/h1-27,29-40H,28H2,(H2,61,63)/b57-37-. The predicted molar refractivity (Wildman–Crippen MR) is 263 cm³/mol. The van der Waals surface area contributed by atoms with Crippen molar-refractivity contribution >= 4 is 33.1 Å². The molecule has 0 atom stereocenters. The molecule has 0 saturated heterocycles. The summed E-state index contributed by atoms with van der Waals surface area (Å²) in [6, 6.07) is 78.6. The zero-order valence-electron chi connectivity index (χ0n) is 34.7. The van der Waals surface area contributed by atoms with Crippen LogP contribution in [0.4, 0.5) is 0 Å². The summed E-state index contributed by atoms with van der Waals surface area (Å²) >= 11 is 0. The largest absolute Gasteiger partial charge is 0.383 e. The van der Waals surface area contributed by atoms with Crippen LogP contribution < -0.4 is 5.73 Å². The molecule has 0 radical (unpaired) electrons. The van der Waals surface area contributed by atoms with E-state index < -0.39 is 5.41 Å². The van der Waals surface area contributed by atoms with Crippen LogP contribution in [-0.2, 0) is 11.8 Å². The predicted octanol–water partition coefficient (Wildman–Crippen LogP) is 14.1. The number of allylic oxidation sites excluding steroid dienone is 1. The third kappa shape index (κ3) is 6.63. The fourth-order valence-corrected chi connectivity index (χ4v) is 9.81. The highest BCUT2D eigenvalue weighted by atomic mass is 14.9. The first-order valence-electron chi connectivity index (χ1n) is 21.6. The van der Waals surface area contributed by atoms with E-state index in [2.05, 4.69) is 193 Å². The molecule has 1 aliphatic rings. The van der Waals surface area contributed by atoms with Crippen molar-refractivity contribution in [2.45, 2.75) is 11.8 Å². The molecular formula is C60H43N3. The molecule has 63 heavy (non-hydrogen) atoms. The molecule has 10 aromatic rings. The maximum absolute atomic E-state index is 6.79. The van der Waals surface area contributed by atoms with Gasteiger partial charge in [-0.1, -0.05) is 212 Å². The van der Waals surface area contributed by atoms with Crippen molar-refractivity contribution in [3.63, 3.8) is 0 Å². The Labute approximate surface area is 368 Å². The molecule has 0 aliphatic heterocycles. The Morgan fingerprint density at radius 1 is 0.508 bits per heavy atom. The Bertz CT molecular complexity index is 3300. The van der Waals surface area contributed by atoms with Crippen molar-refractivity contribution in [2.75, 3.05) is 0 Å². The van der Waals surface area contributed by atoms with Crippen molar-refractivity contribution in [3.05, 3.63) is 276 Å². The Balaban J connectivity index is 1.07. The second-order valence-electron chi connectivity index (χ2n) is 16.3. The van der Waals surface area contributed by atoms with Gasteiger partial charge < -0.3 is 5.73 Å². The first kappa shape index (κ1) is 37.8. The zero-order chi connectivity index (χ0) is 42.2. The van der Waals surface area contributed by atoms with Crippen molar-refractivity contribution in [1.82, 2.24) is 4.98 Å². The number of nitrogens with two attached hydrogens (primary N) is 1. The van der Waals surface area contributed by atoms with Crippen LogP contribution >= 0.6 is 0 Å². The highest BCUT2D eigenvalue weighted by Crippen LogP contribution is 2.58. The number of amidine groups is 1. The number of fused-ring (bicyclic) bond motifs is 6. The van der Waals surface area contributed by atoms with Crippen LogP contribution in [0.5, 0.6) is 0 Å². The van der Waals surface area contributed by atoms with Crippen molar-refractivity contribution < 1.29 is 0 Å². The van der Waals surface area contributed by atoms with E-state index in [-0.39, 0.29) is 0 Å². The van der Waals surface area contributed by atoms with E-state index in [4.69, 9.17) is 10.7 Å². The minimum atomic E-state index is -0.506. The van der Waals surface area contributed by atoms with E-state index in [9.17, 15) is 0 Å². The maximum Gasteiger partial charge on any atom is 0.131 e. The highest BCUT2D eigenvalue weighted by molar-refractivity contribution is 6.07. The van der Waals surface area contributed by atoms with Crippen LogP contribution in [0, 0.1) is 0 Å².